The summed E-state index contributed by atoms with van der Waals surface area (Å²) in [4.78, 5) is 0. The van der Waals surface area contributed by atoms with Gasteiger partial charge in [0.05, 0.1) is 16.4 Å². The van der Waals surface area contributed by atoms with Crippen molar-refractivity contribution in [1.29, 1.82) is 0 Å². The molecule has 1 aliphatic rings. The van der Waals surface area contributed by atoms with Gasteiger partial charge < -0.3 is 10.6 Å². The molecule has 2 N–H and O–H groups in total. The van der Waals surface area contributed by atoms with Crippen molar-refractivity contribution >= 4 is 23.0 Å². The Hall–Kier alpha value is -1.65. The second-order valence-electron chi connectivity index (χ2n) is 5.33. The summed E-state index contributed by atoms with van der Waals surface area (Å²) in [5, 5.41) is 6.60. The molecule has 1 atom stereocenters. The Balaban J connectivity index is 2.08. The van der Waals surface area contributed by atoms with Crippen molar-refractivity contribution in [1.82, 2.24) is 5.32 Å². The van der Waals surface area contributed by atoms with E-state index in [-0.39, 0.29) is 11.7 Å². The molecular formula is C16H15ClF2N2. The number of benzene rings is 2. The van der Waals surface area contributed by atoms with Crippen molar-refractivity contribution in [2.75, 3.05) is 5.32 Å². The number of aryl methyl sites for hydroxylation is 1. The average Bonchev–Trinajstić information content (AvgIpc) is 2.79. The molecule has 2 aromatic rings. The number of hydrogen-bond donors (Lipinski definition) is 2. The summed E-state index contributed by atoms with van der Waals surface area (Å²) >= 11 is 6.16. The quantitative estimate of drug-likeness (QED) is 0.830. The first-order valence-electron chi connectivity index (χ1n) is 6.74. The fraction of sp³-hybridized carbons (Fsp3) is 0.250. The Morgan fingerprint density at radius 3 is 2.76 bits per heavy atom. The van der Waals surface area contributed by atoms with Crippen molar-refractivity contribution in [2.45, 2.75) is 26.4 Å². The highest BCUT2D eigenvalue weighted by Gasteiger charge is 2.26. The van der Waals surface area contributed by atoms with Gasteiger partial charge in [0.2, 0.25) is 0 Å². The average molecular weight is 309 g/mol. The van der Waals surface area contributed by atoms with Gasteiger partial charge in [-0.05, 0) is 48.7 Å². The Morgan fingerprint density at radius 2 is 2.05 bits per heavy atom. The van der Waals surface area contributed by atoms with Crippen LogP contribution in [0.2, 0.25) is 5.02 Å². The first kappa shape index (κ1) is 14.3. The molecule has 0 fully saturated rings. The molecule has 110 valence electrons. The zero-order chi connectivity index (χ0) is 15.1. The van der Waals surface area contributed by atoms with Crippen molar-refractivity contribution in [2.24, 2.45) is 0 Å². The van der Waals surface area contributed by atoms with E-state index in [4.69, 9.17) is 11.6 Å². The minimum absolute atomic E-state index is 0.00383. The topological polar surface area (TPSA) is 24.1 Å². The lowest BCUT2D eigenvalue weighted by molar-refractivity contribution is 0.509. The van der Waals surface area contributed by atoms with Crippen molar-refractivity contribution < 1.29 is 8.78 Å². The van der Waals surface area contributed by atoms with Crippen LogP contribution in [0.5, 0.6) is 0 Å². The van der Waals surface area contributed by atoms with Gasteiger partial charge in [-0.1, -0.05) is 17.7 Å². The Bertz CT molecular complexity index is 716. The van der Waals surface area contributed by atoms with Crippen LogP contribution in [0.25, 0.3) is 0 Å². The van der Waals surface area contributed by atoms with Gasteiger partial charge in [0.25, 0.3) is 0 Å². The van der Waals surface area contributed by atoms with Gasteiger partial charge in [-0.3, -0.25) is 0 Å². The third kappa shape index (κ3) is 2.49. The van der Waals surface area contributed by atoms with Gasteiger partial charge in [-0.15, -0.1) is 0 Å². The summed E-state index contributed by atoms with van der Waals surface area (Å²) in [6.45, 7) is 4.34. The molecule has 0 aromatic heterocycles. The number of halogens is 3. The van der Waals surface area contributed by atoms with Gasteiger partial charge in [-0.25, -0.2) is 8.78 Å². The minimum atomic E-state index is -0.874. The van der Waals surface area contributed by atoms with Crippen LogP contribution in [0.15, 0.2) is 24.3 Å². The second kappa shape index (κ2) is 5.28. The molecule has 0 radical (unpaired) electrons. The lowest BCUT2D eigenvalue weighted by Crippen LogP contribution is -2.07. The van der Waals surface area contributed by atoms with Gasteiger partial charge in [0, 0.05) is 12.6 Å². The van der Waals surface area contributed by atoms with E-state index in [9.17, 15) is 8.78 Å². The summed E-state index contributed by atoms with van der Waals surface area (Å²) < 4.78 is 28.0. The Morgan fingerprint density at radius 1 is 1.29 bits per heavy atom. The summed E-state index contributed by atoms with van der Waals surface area (Å²) in [7, 11) is 0. The number of anilines is 2. The molecule has 0 saturated heterocycles. The minimum Gasteiger partial charge on any atom is -0.352 e. The predicted molar refractivity (Wildman–Crippen MR) is 81.1 cm³/mol. The van der Waals surface area contributed by atoms with Crippen LogP contribution in [0, 0.1) is 18.6 Å². The molecule has 0 amide bonds. The van der Waals surface area contributed by atoms with E-state index in [1.807, 2.05) is 19.9 Å². The zero-order valence-corrected chi connectivity index (χ0v) is 12.5. The van der Waals surface area contributed by atoms with Gasteiger partial charge in [0.1, 0.15) is 0 Å². The largest absolute Gasteiger partial charge is 0.352 e. The molecule has 2 aromatic carbocycles. The molecule has 1 heterocycles. The zero-order valence-electron chi connectivity index (χ0n) is 11.7. The standard InChI is InChI=1S/C16H15ClF2N2/c1-8-3-4-14(12(17)5-8)21-16-11-7-20-9(2)10(11)6-13(18)15(16)19/h3-6,9,20-21H,7H2,1-2H3. The molecular weight excluding hydrogens is 294 g/mol. The smallest absolute Gasteiger partial charge is 0.182 e. The maximum atomic E-state index is 14.2. The third-order valence-corrected chi connectivity index (χ3v) is 4.11. The molecule has 1 unspecified atom stereocenters. The number of nitrogens with one attached hydrogen (secondary N) is 2. The van der Waals surface area contributed by atoms with E-state index >= 15 is 0 Å². The number of fused-ring (bicyclic) bond motifs is 1. The van der Waals surface area contributed by atoms with Crippen molar-refractivity contribution in [3.05, 3.63) is 57.6 Å². The lowest BCUT2D eigenvalue weighted by atomic mass is 10.0. The molecule has 1 aliphatic heterocycles. The maximum Gasteiger partial charge on any atom is 0.182 e. The van der Waals surface area contributed by atoms with E-state index in [1.165, 1.54) is 6.07 Å². The van der Waals surface area contributed by atoms with Crippen LogP contribution >= 0.6 is 11.6 Å². The van der Waals surface area contributed by atoms with Crippen LogP contribution in [-0.2, 0) is 6.54 Å². The fourth-order valence-corrected chi connectivity index (χ4v) is 2.89. The van der Waals surface area contributed by atoms with Crippen LogP contribution in [0.3, 0.4) is 0 Å². The van der Waals surface area contributed by atoms with Gasteiger partial charge >= 0.3 is 0 Å². The maximum absolute atomic E-state index is 14.2. The predicted octanol–water partition coefficient (Wildman–Crippen LogP) is 4.83. The van der Waals surface area contributed by atoms with Crippen molar-refractivity contribution in [3.63, 3.8) is 0 Å². The SMILES string of the molecule is Cc1ccc(Nc2c(F)c(F)cc3c2CNC3C)c(Cl)c1. The third-order valence-electron chi connectivity index (χ3n) is 3.80. The molecule has 0 aliphatic carbocycles. The molecule has 2 nitrogen and oxygen atoms in total. The van der Waals surface area contributed by atoms with E-state index in [0.717, 1.165) is 16.7 Å². The highest BCUT2D eigenvalue weighted by Crippen LogP contribution is 2.37. The highest BCUT2D eigenvalue weighted by molar-refractivity contribution is 6.33. The second-order valence-corrected chi connectivity index (χ2v) is 5.73. The molecule has 21 heavy (non-hydrogen) atoms. The Kier molecular flexibility index (Phi) is 3.59. The van der Waals surface area contributed by atoms with Crippen LogP contribution in [0.1, 0.15) is 29.7 Å². The fourth-order valence-electron chi connectivity index (χ4n) is 2.61. The summed E-state index contributed by atoms with van der Waals surface area (Å²) in [6.07, 6.45) is 0. The Labute approximate surface area is 127 Å². The number of rotatable bonds is 2. The summed E-state index contributed by atoms with van der Waals surface area (Å²) in [5.74, 6) is -1.73. The number of hydrogen-bond acceptors (Lipinski definition) is 2. The van der Waals surface area contributed by atoms with Crippen molar-refractivity contribution in [3.8, 4) is 0 Å². The highest BCUT2D eigenvalue weighted by atomic mass is 35.5. The van der Waals surface area contributed by atoms with Crippen LogP contribution in [-0.4, -0.2) is 0 Å². The molecule has 5 heteroatoms. The van der Waals surface area contributed by atoms with Gasteiger partial charge in [-0.2, -0.15) is 0 Å². The first-order chi connectivity index (χ1) is 9.97. The lowest BCUT2D eigenvalue weighted by Gasteiger charge is -2.15. The molecule has 0 spiro atoms. The van der Waals surface area contributed by atoms with Gasteiger partial charge in [0.15, 0.2) is 11.6 Å². The summed E-state index contributed by atoms with van der Waals surface area (Å²) in [5.41, 5.74) is 3.25. The normalized spacial score (nSPS) is 16.9. The van der Waals surface area contributed by atoms with Crippen LogP contribution < -0.4 is 10.6 Å². The van der Waals surface area contributed by atoms with E-state index in [2.05, 4.69) is 10.6 Å². The van der Waals surface area contributed by atoms with E-state index in [0.29, 0.717) is 17.3 Å². The van der Waals surface area contributed by atoms with Crippen LogP contribution in [0.4, 0.5) is 20.2 Å². The molecule has 0 saturated carbocycles. The van der Waals surface area contributed by atoms with E-state index in [1.54, 1.807) is 12.1 Å². The molecule has 0 bridgehead atoms. The summed E-state index contributed by atoms with van der Waals surface area (Å²) in [6, 6.07) is 6.68. The first-order valence-corrected chi connectivity index (χ1v) is 7.12. The molecule has 3 rings (SSSR count). The van der Waals surface area contributed by atoms with E-state index < -0.39 is 11.6 Å². The monoisotopic (exact) mass is 308 g/mol.